The maximum absolute atomic E-state index is 12.2. The fourth-order valence-corrected chi connectivity index (χ4v) is 4.59. The molecular formula is C25H37ClN4O3. The van der Waals surface area contributed by atoms with Gasteiger partial charge in [-0.1, -0.05) is 32.4 Å². The number of carboxylic acid groups (broad SMARTS) is 1. The molecule has 0 aliphatic heterocycles. The van der Waals surface area contributed by atoms with Gasteiger partial charge in [0, 0.05) is 28.4 Å². The highest BCUT2D eigenvalue weighted by molar-refractivity contribution is 6.30. The second kappa shape index (κ2) is 11.7. The molecule has 1 aromatic carbocycles. The van der Waals surface area contributed by atoms with Crippen LogP contribution < -0.4 is 15.0 Å². The lowest BCUT2D eigenvalue weighted by atomic mass is 9.85. The van der Waals surface area contributed by atoms with Crippen LogP contribution in [0.25, 0.3) is 0 Å². The molecule has 3 rings (SSSR count). The van der Waals surface area contributed by atoms with Gasteiger partial charge in [0.1, 0.15) is 5.75 Å². The minimum Gasteiger partial charge on any atom is -0.493 e. The van der Waals surface area contributed by atoms with Gasteiger partial charge >= 0.3 is 6.09 Å². The number of nitrogens with one attached hydrogen (secondary N) is 1. The van der Waals surface area contributed by atoms with Crippen LogP contribution in [0.4, 0.5) is 10.6 Å². The van der Waals surface area contributed by atoms with Crippen LogP contribution in [0.1, 0.15) is 57.7 Å². The Labute approximate surface area is 202 Å². The minimum atomic E-state index is -0.946. The van der Waals surface area contributed by atoms with Crippen molar-refractivity contribution in [2.75, 3.05) is 24.6 Å². The number of carbonyl (C=O) groups is 1. The van der Waals surface area contributed by atoms with Crippen LogP contribution in [0.15, 0.2) is 24.3 Å². The van der Waals surface area contributed by atoms with Gasteiger partial charge in [-0.2, -0.15) is 5.10 Å². The monoisotopic (exact) mass is 476 g/mol. The van der Waals surface area contributed by atoms with Crippen molar-refractivity contribution in [1.29, 1.82) is 0 Å². The third-order valence-corrected chi connectivity index (χ3v) is 6.44. The third-order valence-electron chi connectivity index (χ3n) is 6.20. The largest absolute Gasteiger partial charge is 0.493 e. The second-order valence-corrected chi connectivity index (χ2v) is 9.83. The van der Waals surface area contributed by atoms with Gasteiger partial charge in [-0.05, 0) is 75.7 Å². The average molecular weight is 477 g/mol. The topological polar surface area (TPSA) is 79.6 Å². The van der Waals surface area contributed by atoms with Gasteiger partial charge in [0.15, 0.2) is 5.82 Å². The van der Waals surface area contributed by atoms with Gasteiger partial charge in [0.05, 0.1) is 13.2 Å². The van der Waals surface area contributed by atoms with Crippen LogP contribution >= 0.6 is 11.6 Å². The number of hydrogen-bond acceptors (Lipinski definition) is 4. The molecule has 0 bridgehead atoms. The highest BCUT2D eigenvalue weighted by Crippen LogP contribution is 2.31. The molecule has 2 N–H and O–H groups in total. The van der Waals surface area contributed by atoms with Gasteiger partial charge in [0.25, 0.3) is 0 Å². The molecule has 8 heteroatoms. The van der Waals surface area contributed by atoms with Crippen molar-refractivity contribution in [2.45, 2.75) is 66.0 Å². The zero-order valence-electron chi connectivity index (χ0n) is 20.2. The number of aryl methyl sites for hydroxylation is 1. The van der Waals surface area contributed by atoms with Crippen molar-refractivity contribution in [2.24, 2.45) is 11.8 Å². The number of nitrogens with zero attached hydrogens (tertiary/aromatic N) is 3. The molecule has 0 atom stereocenters. The van der Waals surface area contributed by atoms with Crippen molar-refractivity contribution in [3.8, 4) is 5.75 Å². The van der Waals surface area contributed by atoms with E-state index in [0.29, 0.717) is 35.8 Å². The first-order valence-electron chi connectivity index (χ1n) is 12.0. The van der Waals surface area contributed by atoms with Crippen LogP contribution in [0.5, 0.6) is 5.75 Å². The number of anilines is 1. The number of amides is 1. The number of benzene rings is 1. The molecule has 182 valence electrons. The molecule has 0 unspecified atom stereocenters. The van der Waals surface area contributed by atoms with Crippen LogP contribution in [0.3, 0.4) is 0 Å². The number of halogens is 1. The fourth-order valence-electron chi connectivity index (χ4n) is 4.40. The average Bonchev–Trinajstić information content (AvgIpc) is 3.11. The summed E-state index contributed by atoms with van der Waals surface area (Å²) in [6.07, 6.45) is 2.82. The Bertz CT molecular complexity index is 922. The molecule has 0 spiro atoms. The fraction of sp³-hybridized carbons (Fsp3) is 0.600. The van der Waals surface area contributed by atoms with E-state index in [-0.39, 0.29) is 6.04 Å². The molecule has 1 aliphatic rings. The van der Waals surface area contributed by atoms with E-state index in [1.807, 2.05) is 35.9 Å². The SMILES string of the molecule is CCNCC1CCC(N(C(=O)O)c2cc(C)n(Cc3cc(Cl)ccc3OCC(C)C)n2)CC1. The standard InChI is InChI=1S/C25H37ClN4O3/c1-5-27-14-19-6-9-22(10-7-19)30(25(31)32)24-12-18(4)29(28-24)15-20-13-21(26)8-11-23(20)33-16-17(2)3/h8,11-13,17,19,22,27H,5-7,9-10,14-16H2,1-4H3,(H,31,32). The Hall–Kier alpha value is -2.25. The molecule has 1 aromatic heterocycles. The normalized spacial score (nSPS) is 18.5. The lowest BCUT2D eigenvalue weighted by Gasteiger charge is -2.34. The van der Waals surface area contributed by atoms with Gasteiger partial charge < -0.3 is 15.2 Å². The van der Waals surface area contributed by atoms with Crippen LogP contribution in [-0.4, -0.2) is 46.7 Å². The lowest BCUT2D eigenvalue weighted by Crippen LogP contribution is -2.43. The molecule has 2 aromatic rings. The van der Waals surface area contributed by atoms with Crippen molar-refractivity contribution < 1.29 is 14.6 Å². The molecular weight excluding hydrogens is 440 g/mol. The number of aromatic nitrogens is 2. The van der Waals surface area contributed by atoms with Crippen molar-refractivity contribution in [3.63, 3.8) is 0 Å². The minimum absolute atomic E-state index is 0.0424. The van der Waals surface area contributed by atoms with Gasteiger partial charge in [-0.25, -0.2) is 4.79 Å². The lowest BCUT2D eigenvalue weighted by molar-refractivity contribution is 0.193. The number of hydrogen-bond donors (Lipinski definition) is 2. The summed E-state index contributed by atoms with van der Waals surface area (Å²) >= 11 is 6.25. The smallest absolute Gasteiger partial charge is 0.413 e. The molecule has 1 amide bonds. The van der Waals surface area contributed by atoms with Gasteiger partial charge in [0.2, 0.25) is 0 Å². The van der Waals surface area contributed by atoms with E-state index >= 15 is 0 Å². The summed E-state index contributed by atoms with van der Waals surface area (Å²) in [6, 6.07) is 7.41. The third kappa shape index (κ3) is 6.87. The maximum Gasteiger partial charge on any atom is 0.413 e. The molecule has 0 radical (unpaired) electrons. The van der Waals surface area contributed by atoms with Crippen LogP contribution in [0.2, 0.25) is 5.02 Å². The highest BCUT2D eigenvalue weighted by Gasteiger charge is 2.31. The van der Waals surface area contributed by atoms with Crippen molar-refractivity contribution in [3.05, 3.63) is 40.5 Å². The Morgan fingerprint density at radius 3 is 2.67 bits per heavy atom. The summed E-state index contributed by atoms with van der Waals surface area (Å²) in [4.78, 5) is 13.7. The summed E-state index contributed by atoms with van der Waals surface area (Å²) in [5.41, 5.74) is 1.82. The summed E-state index contributed by atoms with van der Waals surface area (Å²) in [5, 5.41) is 18.7. The first-order valence-corrected chi connectivity index (χ1v) is 12.3. The van der Waals surface area contributed by atoms with Gasteiger partial charge in [-0.15, -0.1) is 0 Å². The van der Waals surface area contributed by atoms with E-state index < -0.39 is 6.09 Å². The van der Waals surface area contributed by atoms with E-state index in [1.165, 1.54) is 4.90 Å². The zero-order chi connectivity index (χ0) is 24.0. The van der Waals surface area contributed by atoms with E-state index in [2.05, 4.69) is 31.2 Å². The Morgan fingerprint density at radius 1 is 1.30 bits per heavy atom. The van der Waals surface area contributed by atoms with Crippen LogP contribution in [-0.2, 0) is 6.54 Å². The summed E-state index contributed by atoms with van der Waals surface area (Å²) in [6.45, 7) is 11.3. The molecule has 1 fully saturated rings. The molecule has 33 heavy (non-hydrogen) atoms. The van der Waals surface area contributed by atoms with E-state index in [9.17, 15) is 9.90 Å². The molecule has 1 aliphatic carbocycles. The quantitative estimate of drug-likeness (QED) is 0.467. The summed E-state index contributed by atoms with van der Waals surface area (Å²) < 4.78 is 7.81. The summed E-state index contributed by atoms with van der Waals surface area (Å²) in [5.74, 6) is 2.28. The molecule has 1 heterocycles. The molecule has 1 saturated carbocycles. The van der Waals surface area contributed by atoms with Crippen molar-refractivity contribution in [1.82, 2.24) is 15.1 Å². The maximum atomic E-state index is 12.2. The molecule has 0 saturated heterocycles. The predicted molar refractivity (Wildman–Crippen MR) is 133 cm³/mol. The van der Waals surface area contributed by atoms with Crippen molar-refractivity contribution >= 4 is 23.5 Å². The number of ether oxygens (including phenoxy) is 1. The zero-order valence-corrected chi connectivity index (χ0v) is 20.9. The summed E-state index contributed by atoms with van der Waals surface area (Å²) in [7, 11) is 0. The number of rotatable bonds is 10. The Morgan fingerprint density at radius 2 is 2.03 bits per heavy atom. The second-order valence-electron chi connectivity index (χ2n) is 9.39. The van der Waals surface area contributed by atoms with E-state index in [1.54, 1.807) is 0 Å². The Kier molecular flexibility index (Phi) is 9.03. The highest BCUT2D eigenvalue weighted by atomic mass is 35.5. The first-order chi connectivity index (χ1) is 15.8. The first kappa shape index (κ1) is 25.4. The van der Waals surface area contributed by atoms with E-state index in [0.717, 1.165) is 55.8 Å². The predicted octanol–water partition coefficient (Wildman–Crippen LogP) is 5.58. The van der Waals surface area contributed by atoms with Crippen LogP contribution in [0, 0.1) is 18.8 Å². The van der Waals surface area contributed by atoms with Gasteiger partial charge in [-0.3, -0.25) is 9.58 Å². The Balaban J connectivity index is 1.76. The molecule has 7 nitrogen and oxygen atoms in total. The van der Waals surface area contributed by atoms with E-state index in [4.69, 9.17) is 16.3 Å².